The second-order valence-corrected chi connectivity index (χ2v) is 6.80. The van der Waals surface area contributed by atoms with E-state index in [0.717, 1.165) is 5.56 Å². The molecule has 0 spiro atoms. The van der Waals surface area contributed by atoms with Crippen molar-refractivity contribution in [2.75, 3.05) is 4.90 Å². The van der Waals surface area contributed by atoms with Gasteiger partial charge in [0.15, 0.2) is 0 Å². The van der Waals surface area contributed by atoms with Crippen LogP contribution in [0.25, 0.3) is 0 Å². The third kappa shape index (κ3) is 2.79. The SMILES string of the molecule is CC(C)(C)c1cc(Cl)cc(N2C(=O)CC(S)C2=O)c1. The molecule has 2 amide bonds. The number of nitrogens with zero attached hydrogens (tertiary/aromatic N) is 1. The van der Waals surface area contributed by atoms with Crippen LogP contribution in [0.3, 0.4) is 0 Å². The molecule has 1 aliphatic rings. The Balaban J connectivity index is 2.49. The maximum Gasteiger partial charge on any atom is 0.247 e. The Bertz CT molecular complexity index is 551. The van der Waals surface area contributed by atoms with Gasteiger partial charge in [-0.1, -0.05) is 32.4 Å². The minimum atomic E-state index is -0.551. The lowest BCUT2D eigenvalue weighted by Crippen LogP contribution is -2.31. The number of imide groups is 1. The van der Waals surface area contributed by atoms with Crippen molar-refractivity contribution in [3.8, 4) is 0 Å². The molecule has 1 unspecified atom stereocenters. The Hall–Kier alpha value is -1.00. The fourth-order valence-electron chi connectivity index (χ4n) is 2.02. The molecule has 1 atom stereocenters. The minimum Gasteiger partial charge on any atom is -0.274 e. The average molecular weight is 298 g/mol. The summed E-state index contributed by atoms with van der Waals surface area (Å²) in [4.78, 5) is 25.0. The van der Waals surface area contributed by atoms with Gasteiger partial charge in [-0.25, -0.2) is 4.90 Å². The maximum absolute atomic E-state index is 12.0. The topological polar surface area (TPSA) is 37.4 Å². The van der Waals surface area contributed by atoms with E-state index in [2.05, 4.69) is 33.4 Å². The standard InChI is InChI=1S/C14H16ClNO2S/c1-14(2,3)8-4-9(15)6-10(5-8)16-12(17)7-11(19)13(16)18/h4-6,11,19H,7H2,1-3H3. The lowest BCUT2D eigenvalue weighted by atomic mass is 9.87. The Kier molecular flexibility index (Phi) is 3.67. The van der Waals surface area contributed by atoms with Gasteiger partial charge in [-0.3, -0.25) is 9.59 Å². The monoisotopic (exact) mass is 297 g/mol. The fraction of sp³-hybridized carbons (Fsp3) is 0.429. The van der Waals surface area contributed by atoms with Gasteiger partial charge in [0.2, 0.25) is 11.8 Å². The number of benzene rings is 1. The first kappa shape index (κ1) is 14.4. The van der Waals surface area contributed by atoms with E-state index in [-0.39, 0.29) is 23.7 Å². The van der Waals surface area contributed by atoms with Crippen molar-refractivity contribution in [2.24, 2.45) is 0 Å². The van der Waals surface area contributed by atoms with Gasteiger partial charge in [-0.2, -0.15) is 12.6 Å². The molecule has 0 bridgehead atoms. The molecule has 0 aromatic heterocycles. The molecule has 1 aliphatic heterocycles. The van der Waals surface area contributed by atoms with Crippen LogP contribution in [0.4, 0.5) is 5.69 Å². The highest BCUT2D eigenvalue weighted by Crippen LogP contribution is 2.33. The van der Waals surface area contributed by atoms with E-state index in [4.69, 9.17) is 11.6 Å². The fourth-order valence-corrected chi connectivity index (χ4v) is 2.52. The number of carbonyl (C=O) groups excluding carboxylic acids is 2. The normalized spacial score (nSPS) is 20.3. The number of amides is 2. The molecule has 0 saturated carbocycles. The molecule has 1 aromatic rings. The van der Waals surface area contributed by atoms with Crippen LogP contribution in [0.2, 0.25) is 5.02 Å². The third-order valence-electron chi connectivity index (χ3n) is 3.13. The summed E-state index contributed by atoms with van der Waals surface area (Å²) in [5, 5.41) is -0.0322. The smallest absolute Gasteiger partial charge is 0.247 e. The minimum absolute atomic E-state index is 0.105. The van der Waals surface area contributed by atoms with Gasteiger partial charge in [0.1, 0.15) is 0 Å². The van der Waals surface area contributed by atoms with Crippen molar-refractivity contribution in [3.05, 3.63) is 28.8 Å². The highest BCUT2D eigenvalue weighted by Gasteiger charge is 2.37. The number of thiol groups is 1. The van der Waals surface area contributed by atoms with E-state index in [1.165, 1.54) is 4.90 Å². The van der Waals surface area contributed by atoms with Crippen LogP contribution < -0.4 is 4.90 Å². The maximum atomic E-state index is 12.0. The highest BCUT2D eigenvalue weighted by atomic mass is 35.5. The predicted molar refractivity (Wildman–Crippen MR) is 80.0 cm³/mol. The molecule has 102 valence electrons. The van der Waals surface area contributed by atoms with Crippen molar-refractivity contribution in [1.82, 2.24) is 0 Å². The summed E-state index contributed by atoms with van der Waals surface area (Å²) < 4.78 is 0. The number of hydrogen-bond donors (Lipinski definition) is 1. The largest absolute Gasteiger partial charge is 0.274 e. The second-order valence-electron chi connectivity index (χ2n) is 5.74. The highest BCUT2D eigenvalue weighted by molar-refractivity contribution is 7.82. The average Bonchev–Trinajstić information content (AvgIpc) is 2.51. The zero-order valence-corrected chi connectivity index (χ0v) is 12.8. The second kappa shape index (κ2) is 4.84. The molecule has 2 rings (SSSR count). The summed E-state index contributed by atoms with van der Waals surface area (Å²) in [6.45, 7) is 6.16. The molecule has 0 aliphatic carbocycles. The zero-order valence-electron chi connectivity index (χ0n) is 11.1. The molecule has 1 saturated heterocycles. The molecule has 1 heterocycles. The van der Waals surface area contributed by atoms with Crippen molar-refractivity contribution < 1.29 is 9.59 Å². The summed E-state index contributed by atoms with van der Waals surface area (Å²) in [7, 11) is 0. The van der Waals surface area contributed by atoms with E-state index in [1.807, 2.05) is 12.1 Å². The van der Waals surface area contributed by atoms with Crippen LogP contribution in [-0.4, -0.2) is 17.1 Å². The van der Waals surface area contributed by atoms with Gasteiger partial charge in [0.05, 0.1) is 10.9 Å². The van der Waals surface area contributed by atoms with Crippen molar-refractivity contribution in [3.63, 3.8) is 0 Å². The summed E-state index contributed by atoms with van der Waals surface area (Å²) >= 11 is 10.2. The number of hydrogen-bond acceptors (Lipinski definition) is 3. The first-order chi connectivity index (χ1) is 8.70. The van der Waals surface area contributed by atoms with Crippen LogP contribution in [0.5, 0.6) is 0 Å². The van der Waals surface area contributed by atoms with Gasteiger partial charge in [0.25, 0.3) is 0 Å². The first-order valence-corrected chi connectivity index (χ1v) is 6.95. The number of rotatable bonds is 1. The van der Waals surface area contributed by atoms with Crippen LogP contribution in [-0.2, 0) is 15.0 Å². The Morgan fingerprint density at radius 3 is 2.37 bits per heavy atom. The van der Waals surface area contributed by atoms with Crippen molar-refractivity contribution in [1.29, 1.82) is 0 Å². The molecule has 19 heavy (non-hydrogen) atoms. The third-order valence-corrected chi connectivity index (χ3v) is 3.75. The van der Waals surface area contributed by atoms with Crippen LogP contribution in [0, 0.1) is 0 Å². The lowest BCUT2D eigenvalue weighted by Gasteiger charge is -2.22. The summed E-state index contributed by atoms with van der Waals surface area (Å²) in [5.41, 5.74) is 1.41. The van der Waals surface area contributed by atoms with Crippen LogP contribution in [0.15, 0.2) is 18.2 Å². The van der Waals surface area contributed by atoms with E-state index in [1.54, 1.807) is 6.07 Å². The van der Waals surface area contributed by atoms with Crippen molar-refractivity contribution in [2.45, 2.75) is 37.9 Å². The van der Waals surface area contributed by atoms with E-state index in [0.29, 0.717) is 10.7 Å². The van der Waals surface area contributed by atoms with Gasteiger partial charge in [0, 0.05) is 11.4 Å². The quantitative estimate of drug-likeness (QED) is 0.638. The summed E-state index contributed by atoms with van der Waals surface area (Å²) in [6, 6.07) is 5.33. The molecule has 0 N–H and O–H groups in total. The van der Waals surface area contributed by atoms with E-state index in [9.17, 15) is 9.59 Å². The summed E-state index contributed by atoms with van der Waals surface area (Å²) in [6.07, 6.45) is 0.138. The van der Waals surface area contributed by atoms with Crippen molar-refractivity contribution >= 4 is 41.7 Å². The summed E-state index contributed by atoms with van der Waals surface area (Å²) in [5.74, 6) is -0.511. The van der Waals surface area contributed by atoms with Gasteiger partial charge in [-0.15, -0.1) is 0 Å². The van der Waals surface area contributed by atoms with Gasteiger partial charge >= 0.3 is 0 Å². The molecule has 1 aromatic carbocycles. The first-order valence-electron chi connectivity index (χ1n) is 6.06. The van der Waals surface area contributed by atoms with Crippen LogP contribution >= 0.6 is 24.2 Å². The predicted octanol–water partition coefficient (Wildman–Crippen LogP) is 3.20. The van der Waals surface area contributed by atoms with E-state index >= 15 is 0 Å². The molecule has 1 fully saturated rings. The number of carbonyl (C=O) groups is 2. The lowest BCUT2D eigenvalue weighted by molar-refractivity contribution is -0.121. The number of anilines is 1. The zero-order chi connectivity index (χ0) is 14.4. The Morgan fingerprint density at radius 2 is 1.89 bits per heavy atom. The molecule has 0 radical (unpaired) electrons. The number of halogens is 1. The Labute approximate surface area is 123 Å². The molecule has 5 heteroatoms. The van der Waals surface area contributed by atoms with Crippen LogP contribution in [0.1, 0.15) is 32.8 Å². The molecular formula is C14H16ClNO2S. The van der Waals surface area contributed by atoms with Gasteiger partial charge < -0.3 is 0 Å². The molecular weight excluding hydrogens is 282 g/mol. The van der Waals surface area contributed by atoms with E-state index < -0.39 is 5.25 Å². The molecule has 3 nitrogen and oxygen atoms in total. The Morgan fingerprint density at radius 1 is 1.26 bits per heavy atom. The van der Waals surface area contributed by atoms with Gasteiger partial charge in [-0.05, 0) is 29.2 Å².